The predicted molar refractivity (Wildman–Crippen MR) is 113 cm³/mol. The van der Waals surface area contributed by atoms with Crippen molar-refractivity contribution in [3.8, 4) is 0 Å². The van der Waals surface area contributed by atoms with Crippen molar-refractivity contribution in [1.29, 1.82) is 0 Å². The van der Waals surface area contributed by atoms with Crippen LogP contribution in [-0.2, 0) is 13.6 Å². The number of carbonyl (C=O) groups is 1. The number of nitrogens with zero attached hydrogens (tertiary/aromatic N) is 5. The number of pyridine rings is 1. The summed E-state index contributed by atoms with van der Waals surface area (Å²) < 4.78 is 1.81. The van der Waals surface area contributed by atoms with E-state index in [1.54, 1.807) is 0 Å². The van der Waals surface area contributed by atoms with Crippen molar-refractivity contribution in [3.63, 3.8) is 0 Å². The van der Waals surface area contributed by atoms with Gasteiger partial charge < -0.3 is 4.90 Å². The van der Waals surface area contributed by atoms with Crippen LogP contribution in [0.1, 0.15) is 46.1 Å². The Kier molecular flexibility index (Phi) is 4.59. The van der Waals surface area contributed by atoms with Gasteiger partial charge in [0.2, 0.25) is 0 Å². The number of hydrogen-bond donors (Lipinski definition) is 0. The fraction of sp³-hybridized carbons (Fsp3) is 0.435. The summed E-state index contributed by atoms with van der Waals surface area (Å²) in [5.41, 5.74) is 4.86. The van der Waals surface area contributed by atoms with Crippen molar-refractivity contribution in [3.05, 3.63) is 58.9 Å². The van der Waals surface area contributed by atoms with E-state index in [-0.39, 0.29) is 5.91 Å². The summed E-state index contributed by atoms with van der Waals surface area (Å²) in [4.78, 5) is 22.7. The van der Waals surface area contributed by atoms with E-state index in [0.29, 0.717) is 5.92 Å². The molecular formula is C23H27N5O. The molecule has 0 spiro atoms. The number of benzene rings is 1. The van der Waals surface area contributed by atoms with Crippen LogP contribution < -0.4 is 0 Å². The molecule has 150 valence electrons. The van der Waals surface area contributed by atoms with Crippen LogP contribution >= 0.6 is 0 Å². The van der Waals surface area contributed by atoms with Crippen LogP contribution in [-0.4, -0.2) is 56.7 Å². The van der Waals surface area contributed by atoms with Crippen LogP contribution in [0.25, 0.3) is 11.0 Å². The van der Waals surface area contributed by atoms with Gasteiger partial charge in [-0.1, -0.05) is 30.3 Å². The summed E-state index contributed by atoms with van der Waals surface area (Å²) in [6.45, 7) is 6.22. The van der Waals surface area contributed by atoms with Crippen LogP contribution in [0.3, 0.4) is 0 Å². The van der Waals surface area contributed by atoms with E-state index in [2.05, 4.69) is 34.3 Å². The number of piperazine rings is 1. The molecule has 2 aliphatic rings. The van der Waals surface area contributed by atoms with Crippen molar-refractivity contribution in [2.75, 3.05) is 26.2 Å². The molecule has 0 atom stereocenters. The van der Waals surface area contributed by atoms with Crippen LogP contribution in [0.2, 0.25) is 0 Å². The molecule has 1 amide bonds. The highest BCUT2D eigenvalue weighted by Gasteiger charge is 2.30. The van der Waals surface area contributed by atoms with E-state index >= 15 is 0 Å². The van der Waals surface area contributed by atoms with E-state index in [0.717, 1.165) is 60.7 Å². The maximum absolute atomic E-state index is 13.5. The Labute approximate surface area is 171 Å². The first-order valence-corrected chi connectivity index (χ1v) is 10.5. The van der Waals surface area contributed by atoms with Gasteiger partial charge in [0.15, 0.2) is 5.65 Å². The number of rotatable bonds is 4. The lowest BCUT2D eigenvalue weighted by Crippen LogP contribution is -2.48. The summed E-state index contributed by atoms with van der Waals surface area (Å²) in [6, 6.07) is 12.6. The van der Waals surface area contributed by atoms with Gasteiger partial charge in [0.05, 0.1) is 16.6 Å². The van der Waals surface area contributed by atoms with E-state index in [4.69, 9.17) is 4.98 Å². The SMILES string of the molecule is Cc1nn(C)c2nc(C3CC3)cc(C(=O)N3CCN(Cc4ccccc4)CC3)c12. The van der Waals surface area contributed by atoms with E-state index in [9.17, 15) is 4.79 Å². The number of amides is 1. The summed E-state index contributed by atoms with van der Waals surface area (Å²) in [5.74, 6) is 0.624. The predicted octanol–water partition coefficient (Wildman–Crippen LogP) is 3.11. The molecule has 2 fully saturated rings. The summed E-state index contributed by atoms with van der Waals surface area (Å²) in [6.07, 6.45) is 2.34. The lowest BCUT2D eigenvalue weighted by molar-refractivity contribution is 0.0630. The molecule has 3 heterocycles. The second-order valence-corrected chi connectivity index (χ2v) is 8.33. The maximum Gasteiger partial charge on any atom is 0.254 e. The molecule has 0 unspecified atom stereocenters. The highest BCUT2D eigenvalue weighted by atomic mass is 16.2. The van der Waals surface area contributed by atoms with Crippen molar-refractivity contribution in [1.82, 2.24) is 24.6 Å². The van der Waals surface area contributed by atoms with Crippen molar-refractivity contribution in [2.24, 2.45) is 7.05 Å². The van der Waals surface area contributed by atoms with Gasteiger partial charge in [0, 0.05) is 51.4 Å². The van der Waals surface area contributed by atoms with E-state index < -0.39 is 0 Å². The largest absolute Gasteiger partial charge is 0.336 e. The summed E-state index contributed by atoms with van der Waals surface area (Å²) in [7, 11) is 1.91. The molecular weight excluding hydrogens is 362 g/mol. The first kappa shape index (κ1) is 18.3. The second-order valence-electron chi connectivity index (χ2n) is 8.33. The molecule has 0 bridgehead atoms. The topological polar surface area (TPSA) is 54.3 Å². The minimum Gasteiger partial charge on any atom is -0.336 e. The highest BCUT2D eigenvalue weighted by molar-refractivity contribution is 6.06. The Morgan fingerprint density at radius 3 is 2.52 bits per heavy atom. The maximum atomic E-state index is 13.5. The van der Waals surface area contributed by atoms with Gasteiger partial charge in [-0.05, 0) is 31.4 Å². The third kappa shape index (κ3) is 3.53. The van der Waals surface area contributed by atoms with E-state index in [1.165, 1.54) is 18.4 Å². The molecule has 1 saturated heterocycles. The average molecular weight is 390 g/mol. The number of aromatic nitrogens is 3. The number of hydrogen-bond acceptors (Lipinski definition) is 4. The standard InChI is InChI=1S/C23H27N5O/c1-16-21-19(14-20(18-8-9-18)24-22(21)26(2)25-16)23(29)28-12-10-27(11-13-28)15-17-6-4-3-5-7-17/h3-7,14,18H,8-13,15H2,1-2H3. The highest BCUT2D eigenvalue weighted by Crippen LogP contribution is 2.40. The first-order chi connectivity index (χ1) is 14.1. The fourth-order valence-corrected chi connectivity index (χ4v) is 4.34. The minimum absolute atomic E-state index is 0.120. The molecule has 0 radical (unpaired) electrons. The van der Waals surface area contributed by atoms with Gasteiger partial charge in [0.1, 0.15) is 0 Å². The van der Waals surface area contributed by atoms with Gasteiger partial charge >= 0.3 is 0 Å². The second kappa shape index (κ2) is 7.26. The normalized spacial score (nSPS) is 17.8. The zero-order valence-electron chi connectivity index (χ0n) is 17.1. The van der Waals surface area contributed by atoms with Crippen LogP contribution in [0, 0.1) is 6.92 Å². The molecule has 6 heteroatoms. The quantitative estimate of drug-likeness (QED) is 0.688. The summed E-state index contributed by atoms with van der Waals surface area (Å²) >= 11 is 0. The van der Waals surface area contributed by atoms with Gasteiger partial charge in [-0.15, -0.1) is 0 Å². The lowest BCUT2D eigenvalue weighted by atomic mass is 10.1. The molecule has 5 rings (SSSR count). The Hall–Kier alpha value is -2.73. The number of aryl methyl sites for hydroxylation is 2. The summed E-state index contributed by atoms with van der Waals surface area (Å²) in [5, 5.41) is 5.44. The molecule has 1 aliphatic heterocycles. The Morgan fingerprint density at radius 2 is 1.83 bits per heavy atom. The number of fused-ring (bicyclic) bond motifs is 1. The third-order valence-corrected chi connectivity index (χ3v) is 6.12. The van der Waals surface area contributed by atoms with Crippen LogP contribution in [0.15, 0.2) is 36.4 Å². The third-order valence-electron chi connectivity index (χ3n) is 6.12. The molecule has 3 aromatic rings. The fourth-order valence-electron chi connectivity index (χ4n) is 4.34. The monoisotopic (exact) mass is 389 g/mol. The first-order valence-electron chi connectivity index (χ1n) is 10.5. The minimum atomic E-state index is 0.120. The smallest absolute Gasteiger partial charge is 0.254 e. The van der Waals surface area contributed by atoms with Crippen LogP contribution in [0.5, 0.6) is 0 Å². The molecule has 1 aromatic carbocycles. The van der Waals surface area contributed by atoms with Crippen LogP contribution in [0.4, 0.5) is 0 Å². The molecule has 6 nitrogen and oxygen atoms in total. The van der Waals surface area contributed by atoms with Gasteiger partial charge in [0.25, 0.3) is 5.91 Å². The Balaban J connectivity index is 1.36. The van der Waals surface area contributed by atoms with Crippen molar-refractivity contribution < 1.29 is 4.79 Å². The van der Waals surface area contributed by atoms with Gasteiger partial charge in [-0.3, -0.25) is 14.4 Å². The molecule has 1 aliphatic carbocycles. The lowest BCUT2D eigenvalue weighted by Gasteiger charge is -2.35. The zero-order chi connectivity index (χ0) is 20.0. The Bertz CT molecular complexity index is 1050. The molecule has 0 N–H and O–H groups in total. The molecule has 2 aromatic heterocycles. The van der Waals surface area contributed by atoms with E-state index in [1.807, 2.05) is 35.7 Å². The average Bonchev–Trinajstić information content (AvgIpc) is 3.55. The number of carbonyl (C=O) groups excluding carboxylic acids is 1. The molecule has 1 saturated carbocycles. The zero-order valence-corrected chi connectivity index (χ0v) is 17.1. The Morgan fingerprint density at radius 1 is 1.10 bits per heavy atom. The van der Waals surface area contributed by atoms with Gasteiger partial charge in [-0.25, -0.2) is 4.98 Å². The van der Waals surface area contributed by atoms with Crippen molar-refractivity contribution >= 4 is 16.9 Å². The molecule has 29 heavy (non-hydrogen) atoms. The van der Waals surface area contributed by atoms with Crippen molar-refractivity contribution in [2.45, 2.75) is 32.2 Å². The van der Waals surface area contributed by atoms with Gasteiger partial charge in [-0.2, -0.15) is 5.10 Å².